The molecular weight excluding hydrogens is 463 g/mol. The summed E-state index contributed by atoms with van der Waals surface area (Å²) in [5.74, 6) is 0.779. The minimum absolute atomic E-state index is 0.0465. The molecule has 1 heterocycles. The highest BCUT2D eigenvalue weighted by Crippen LogP contribution is 2.26. The number of hydrogen-bond acceptors (Lipinski definition) is 5. The van der Waals surface area contributed by atoms with Gasteiger partial charge in [0.2, 0.25) is 5.91 Å². The molecule has 0 bridgehead atoms. The van der Waals surface area contributed by atoms with E-state index in [1.807, 2.05) is 10.6 Å². The van der Waals surface area contributed by atoms with E-state index in [0.717, 1.165) is 18.6 Å². The first-order chi connectivity index (χ1) is 16.0. The first-order valence-electron chi connectivity index (χ1n) is 10.7. The molecule has 0 radical (unpaired) electrons. The molecule has 0 saturated heterocycles. The van der Waals surface area contributed by atoms with Gasteiger partial charge in [0.15, 0.2) is 11.0 Å². The van der Waals surface area contributed by atoms with Crippen molar-refractivity contribution in [2.75, 3.05) is 11.1 Å². The van der Waals surface area contributed by atoms with Gasteiger partial charge < -0.3 is 10.1 Å². The van der Waals surface area contributed by atoms with Crippen molar-refractivity contribution in [3.8, 4) is 5.75 Å². The van der Waals surface area contributed by atoms with Gasteiger partial charge in [0.25, 0.3) is 0 Å². The molecule has 172 valence electrons. The van der Waals surface area contributed by atoms with E-state index in [9.17, 15) is 9.18 Å². The monoisotopic (exact) mass is 486 g/mol. The summed E-state index contributed by atoms with van der Waals surface area (Å²) in [4.78, 5) is 12.3. The SMILES string of the molecule is C=CCn1c(COc2ccc3c(c2)CCCC3)nnc1SCC(=O)Nc1ccc(F)c(Cl)c1. The number of nitrogens with one attached hydrogen (secondary N) is 1. The Balaban J connectivity index is 1.37. The lowest BCUT2D eigenvalue weighted by molar-refractivity contribution is -0.113. The molecule has 1 amide bonds. The molecule has 0 fully saturated rings. The molecule has 1 aliphatic rings. The van der Waals surface area contributed by atoms with Crippen molar-refractivity contribution in [3.05, 3.63) is 76.8 Å². The van der Waals surface area contributed by atoms with Crippen LogP contribution in [0.25, 0.3) is 0 Å². The Morgan fingerprint density at radius 3 is 2.82 bits per heavy atom. The zero-order valence-corrected chi connectivity index (χ0v) is 19.6. The number of aryl methyl sites for hydroxylation is 2. The molecule has 4 rings (SSSR count). The van der Waals surface area contributed by atoms with Gasteiger partial charge in [-0.1, -0.05) is 35.5 Å². The van der Waals surface area contributed by atoms with E-state index < -0.39 is 5.82 Å². The molecule has 1 N–H and O–H groups in total. The van der Waals surface area contributed by atoms with Crippen LogP contribution in [0.3, 0.4) is 0 Å². The second kappa shape index (κ2) is 10.9. The fourth-order valence-electron chi connectivity index (χ4n) is 3.69. The van der Waals surface area contributed by atoms with Crippen molar-refractivity contribution in [1.82, 2.24) is 14.8 Å². The van der Waals surface area contributed by atoms with Gasteiger partial charge in [-0.25, -0.2) is 4.39 Å². The van der Waals surface area contributed by atoms with Crippen LogP contribution in [-0.4, -0.2) is 26.4 Å². The van der Waals surface area contributed by atoms with E-state index in [0.29, 0.717) is 23.2 Å². The molecule has 2 aromatic carbocycles. The minimum Gasteiger partial charge on any atom is -0.486 e. The predicted octanol–water partition coefficient (Wildman–Crippen LogP) is 5.45. The molecule has 0 atom stereocenters. The molecule has 0 saturated carbocycles. The number of carbonyl (C=O) groups excluding carboxylic acids is 1. The van der Waals surface area contributed by atoms with Crippen molar-refractivity contribution in [2.24, 2.45) is 0 Å². The summed E-state index contributed by atoms with van der Waals surface area (Å²) in [6.07, 6.45) is 6.43. The highest BCUT2D eigenvalue weighted by atomic mass is 35.5. The number of benzene rings is 2. The highest BCUT2D eigenvalue weighted by Gasteiger charge is 2.15. The Morgan fingerprint density at radius 2 is 2.03 bits per heavy atom. The summed E-state index contributed by atoms with van der Waals surface area (Å²) in [5.41, 5.74) is 3.19. The van der Waals surface area contributed by atoms with E-state index in [2.05, 4.69) is 34.2 Å². The summed E-state index contributed by atoms with van der Waals surface area (Å²) in [7, 11) is 0. The molecular formula is C24H24ClFN4O2S. The molecule has 3 aromatic rings. The Hall–Kier alpha value is -2.84. The van der Waals surface area contributed by atoms with E-state index in [1.54, 1.807) is 6.08 Å². The van der Waals surface area contributed by atoms with E-state index in [-0.39, 0.29) is 23.3 Å². The number of aromatic nitrogens is 3. The van der Waals surface area contributed by atoms with Crippen molar-refractivity contribution >= 4 is 35.0 Å². The zero-order chi connectivity index (χ0) is 23.2. The normalized spacial score (nSPS) is 12.8. The minimum atomic E-state index is -0.535. The molecule has 1 aromatic heterocycles. The van der Waals surface area contributed by atoms with Gasteiger partial charge in [0, 0.05) is 12.2 Å². The number of hydrogen-bond donors (Lipinski definition) is 1. The second-order valence-electron chi connectivity index (χ2n) is 7.69. The summed E-state index contributed by atoms with van der Waals surface area (Å²) >= 11 is 7.01. The largest absolute Gasteiger partial charge is 0.486 e. The van der Waals surface area contributed by atoms with Crippen LogP contribution in [0.1, 0.15) is 29.8 Å². The van der Waals surface area contributed by atoms with E-state index in [4.69, 9.17) is 16.3 Å². The summed E-state index contributed by atoms with van der Waals surface area (Å²) in [6.45, 7) is 4.56. The second-order valence-corrected chi connectivity index (χ2v) is 9.04. The van der Waals surface area contributed by atoms with Gasteiger partial charge in [-0.3, -0.25) is 9.36 Å². The fraction of sp³-hybridized carbons (Fsp3) is 0.292. The molecule has 33 heavy (non-hydrogen) atoms. The summed E-state index contributed by atoms with van der Waals surface area (Å²) in [5, 5.41) is 11.7. The predicted molar refractivity (Wildman–Crippen MR) is 128 cm³/mol. The lowest BCUT2D eigenvalue weighted by Gasteiger charge is -2.16. The smallest absolute Gasteiger partial charge is 0.234 e. The average molecular weight is 487 g/mol. The quantitative estimate of drug-likeness (QED) is 0.322. The number of anilines is 1. The maximum atomic E-state index is 13.3. The van der Waals surface area contributed by atoms with Crippen molar-refractivity contribution in [1.29, 1.82) is 0 Å². The van der Waals surface area contributed by atoms with Crippen molar-refractivity contribution in [3.63, 3.8) is 0 Å². The standard InChI is InChI=1S/C24H24ClFN4O2S/c1-2-11-30-22(14-32-19-9-7-16-5-3-4-6-17(16)12-19)28-29-24(30)33-15-23(31)27-18-8-10-21(26)20(25)13-18/h2,7-10,12-13H,1,3-6,11,14-15H2,(H,27,31). The van der Waals surface area contributed by atoms with Gasteiger partial charge in [0.1, 0.15) is 18.2 Å². The number of halogens is 2. The van der Waals surface area contributed by atoms with Gasteiger partial charge in [-0.05, 0) is 67.1 Å². The number of amides is 1. The third-order valence-corrected chi connectivity index (χ3v) is 6.59. The maximum Gasteiger partial charge on any atom is 0.234 e. The molecule has 0 aliphatic heterocycles. The van der Waals surface area contributed by atoms with Crippen LogP contribution in [0.5, 0.6) is 5.75 Å². The van der Waals surface area contributed by atoms with Gasteiger partial charge >= 0.3 is 0 Å². The number of carbonyl (C=O) groups is 1. The van der Waals surface area contributed by atoms with Crippen molar-refractivity contribution in [2.45, 2.75) is 44.0 Å². The number of thioether (sulfide) groups is 1. The van der Waals surface area contributed by atoms with Gasteiger partial charge in [-0.15, -0.1) is 16.8 Å². The first kappa shape index (κ1) is 23.3. The molecule has 9 heteroatoms. The summed E-state index contributed by atoms with van der Waals surface area (Å²) in [6, 6.07) is 10.3. The lowest BCUT2D eigenvalue weighted by Crippen LogP contribution is -2.15. The van der Waals surface area contributed by atoms with E-state index in [1.165, 1.54) is 53.9 Å². The topological polar surface area (TPSA) is 69.0 Å². The Kier molecular flexibility index (Phi) is 7.67. The number of rotatable bonds is 9. The Bertz CT molecular complexity index is 1170. The number of fused-ring (bicyclic) bond motifs is 1. The Labute approximate surface area is 201 Å². The van der Waals surface area contributed by atoms with E-state index >= 15 is 0 Å². The molecule has 6 nitrogen and oxygen atoms in total. The fourth-order valence-corrected chi connectivity index (χ4v) is 4.64. The molecule has 0 spiro atoms. The third kappa shape index (κ3) is 5.94. The Morgan fingerprint density at radius 1 is 1.21 bits per heavy atom. The van der Waals surface area contributed by atoms with Crippen LogP contribution in [0.15, 0.2) is 54.2 Å². The number of ether oxygens (including phenoxy) is 1. The maximum absolute atomic E-state index is 13.3. The molecule has 0 unspecified atom stereocenters. The highest BCUT2D eigenvalue weighted by molar-refractivity contribution is 7.99. The van der Waals surface area contributed by atoms with Crippen molar-refractivity contribution < 1.29 is 13.9 Å². The van der Waals surface area contributed by atoms with Crippen LogP contribution in [-0.2, 0) is 30.8 Å². The zero-order valence-electron chi connectivity index (χ0n) is 18.0. The number of allylic oxidation sites excluding steroid dienone is 1. The van der Waals surface area contributed by atoms with Crippen LogP contribution in [0, 0.1) is 5.82 Å². The third-order valence-electron chi connectivity index (χ3n) is 5.33. The van der Waals surface area contributed by atoms with Crippen LogP contribution < -0.4 is 10.1 Å². The van der Waals surface area contributed by atoms with Gasteiger partial charge in [-0.2, -0.15) is 0 Å². The van der Waals surface area contributed by atoms with Crippen LogP contribution >= 0.6 is 23.4 Å². The first-order valence-corrected chi connectivity index (χ1v) is 12.0. The average Bonchev–Trinajstić information content (AvgIpc) is 3.20. The summed E-state index contributed by atoms with van der Waals surface area (Å²) < 4.78 is 21.2. The van der Waals surface area contributed by atoms with Gasteiger partial charge in [0.05, 0.1) is 10.8 Å². The molecule has 1 aliphatic carbocycles. The lowest BCUT2D eigenvalue weighted by atomic mass is 9.92. The van der Waals surface area contributed by atoms with Crippen LogP contribution in [0.2, 0.25) is 5.02 Å². The van der Waals surface area contributed by atoms with Crippen LogP contribution in [0.4, 0.5) is 10.1 Å². The number of nitrogens with zero attached hydrogens (tertiary/aromatic N) is 3.